The number of aromatic nitrogens is 3. The monoisotopic (exact) mass is 359 g/mol. The summed E-state index contributed by atoms with van der Waals surface area (Å²) >= 11 is 0. The van der Waals surface area contributed by atoms with Gasteiger partial charge in [-0.3, -0.25) is 0 Å². The van der Waals surface area contributed by atoms with Gasteiger partial charge in [0.2, 0.25) is 11.7 Å². The molecule has 0 unspecified atom stereocenters. The Morgan fingerprint density at radius 3 is 2.77 bits per heavy atom. The van der Waals surface area contributed by atoms with Crippen LogP contribution in [0.3, 0.4) is 0 Å². The number of hydrogen-bond donors (Lipinski definition) is 1. The summed E-state index contributed by atoms with van der Waals surface area (Å²) in [6, 6.07) is 6.30. The van der Waals surface area contributed by atoms with Gasteiger partial charge in [0.05, 0.1) is 12.0 Å². The number of carbonyl (C=O) groups is 1. The maximum atomic E-state index is 14.3. The average Bonchev–Trinajstić information content (AvgIpc) is 3.05. The van der Waals surface area contributed by atoms with E-state index in [1.165, 1.54) is 30.5 Å². The second-order valence-electron chi connectivity index (χ2n) is 5.13. The first-order valence-electron chi connectivity index (χ1n) is 7.26. The smallest absolute Gasteiger partial charge is 0.331 e. The molecule has 0 spiro atoms. The average molecular weight is 359 g/mol. The minimum atomic E-state index is -1.20. The highest BCUT2D eigenvalue weighted by Gasteiger charge is 2.16. The summed E-state index contributed by atoms with van der Waals surface area (Å²) in [5, 5.41) is 12.4. The van der Waals surface area contributed by atoms with E-state index in [4.69, 9.17) is 14.4 Å². The van der Waals surface area contributed by atoms with Crippen LogP contribution in [0, 0.1) is 11.6 Å². The highest BCUT2D eigenvalue weighted by molar-refractivity contribution is 5.86. The van der Waals surface area contributed by atoms with Crippen LogP contribution in [0.1, 0.15) is 5.89 Å². The Labute approximate surface area is 145 Å². The van der Waals surface area contributed by atoms with E-state index >= 15 is 0 Å². The SMILES string of the molecule is C=C(Cc1nc(-c2ccc(Oc3ncccc3F)cc2F)no1)C(=O)O. The number of halogens is 2. The highest BCUT2D eigenvalue weighted by Crippen LogP contribution is 2.27. The molecule has 0 atom stereocenters. The van der Waals surface area contributed by atoms with Gasteiger partial charge >= 0.3 is 5.97 Å². The molecule has 26 heavy (non-hydrogen) atoms. The second kappa shape index (κ2) is 7.09. The number of hydrogen-bond acceptors (Lipinski definition) is 6. The van der Waals surface area contributed by atoms with Gasteiger partial charge in [-0.2, -0.15) is 4.98 Å². The van der Waals surface area contributed by atoms with Crippen molar-refractivity contribution in [3.63, 3.8) is 0 Å². The Hall–Kier alpha value is -3.62. The molecule has 7 nitrogen and oxygen atoms in total. The first-order valence-corrected chi connectivity index (χ1v) is 7.26. The lowest BCUT2D eigenvalue weighted by atomic mass is 10.2. The summed E-state index contributed by atoms with van der Waals surface area (Å²) in [7, 11) is 0. The third-order valence-corrected chi connectivity index (χ3v) is 3.26. The summed E-state index contributed by atoms with van der Waals surface area (Å²) in [6.45, 7) is 3.35. The summed E-state index contributed by atoms with van der Waals surface area (Å²) in [5.41, 5.74) is -0.128. The molecular formula is C17H11F2N3O4. The molecule has 3 rings (SSSR count). The molecule has 1 aromatic carbocycles. The standard InChI is InChI=1S/C17H11F2N3O4/c1-9(17(23)24)7-14-21-15(22-26-14)11-5-4-10(8-13(11)19)25-16-12(18)3-2-6-20-16/h2-6,8H,1,7H2,(H,23,24). The van der Waals surface area contributed by atoms with E-state index in [0.29, 0.717) is 0 Å². The molecule has 0 aliphatic carbocycles. The molecule has 2 aromatic heterocycles. The van der Waals surface area contributed by atoms with E-state index in [2.05, 4.69) is 21.7 Å². The number of carboxylic acids is 1. The topological polar surface area (TPSA) is 98.3 Å². The second-order valence-corrected chi connectivity index (χ2v) is 5.13. The molecule has 0 saturated heterocycles. The van der Waals surface area contributed by atoms with Crippen LogP contribution in [0.25, 0.3) is 11.4 Å². The summed E-state index contributed by atoms with van der Waals surface area (Å²) in [5.74, 6) is -2.93. The van der Waals surface area contributed by atoms with Gasteiger partial charge in [0.1, 0.15) is 11.6 Å². The number of ether oxygens (including phenoxy) is 1. The zero-order chi connectivity index (χ0) is 18.7. The normalized spacial score (nSPS) is 10.5. The third kappa shape index (κ3) is 3.72. The fourth-order valence-corrected chi connectivity index (χ4v) is 1.99. The van der Waals surface area contributed by atoms with E-state index in [1.807, 2.05) is 0 Å². The van der Waals surface area contributed by atoms with E-state index in [-0.39, 0.29) is 40.9 Å². The molecule has 0 fully saturated rings. The Bertz CT molecular complexity index is 988. The van der Waals surface area contributed by atoms with E-state index in [1.54, 1.807) is 0 Å². The Kier molecular flexibility index (Phi) is 4.70. The minimum Gasteiger partial charge on any atom is -0.478 e. The van der Waals surface area contributed by atoms with Crippen molar-refractivity contribution < 1.29 is 27.9 Å². The van der Waals surface area contributed by atoms with Gasteiger partial charge in [-0.05, 0) is 24.3 Å². The Morgan fingerprint density at radius 1 is 1.27 bits per heavy atom. The lowest BCUT2D eigenvalue weighted by Gasteiger charge is -2.06. The molecule has 0 aliphatic rings. The van der Waals surface area contributed by atoms with Gasteiger partial charge in [-0.1, -0.05) is 11.7 Å². The van der Waals surface area contributed by atoms with Crippen molar-refractivity contribution in [1.29, 1.82) is 0 Å². The zero-order valence-electron chi connectivity index (χ0n) is 13.1. The van der Waals surface area contributed by atoms with Crippen LogP contribution in [0.2, 0.25) is 0 Å². The van der Waals surface area contributed by atoms with Crippen molar-refractivity contribution in [1.82, 2.24) is 15.1 Å². The number of rotatable bonds is 6. The molecule has 1 N–H and O–H groups in total. The van der Waals surface area contributed by atoms with E-state index in [9.17, 15) is 13.6 Å². The molecule has 9 heteroatoms. The zero-order valence-corrected chi connectivity index (χ0v) is 13.1. The number of carboxylic acid groups (broad SMARTS) is 1. The van der Waals surface area contributed by atoms with Crippen molar-refractivity contribution in [2.24, 2.45) is 0 Å². The number of pyridine rings is 1. The highest BCUT2D eigenvalue weighted by atomic mass is 19.1. The molecule has 0 radical (unpaired) electrons. The Balaban J connectivity index is 1.80. The maximum absolute atomic E-state index is 14.3. The van der Waals surface area contributed by atoms with Crippen LogP contribution in [0.5, 0.6) is 11.6 Å². The molecule has 3 aromatic rings. The first kappa shape index (κ1) is 17.2. The van der Waals surface area contributed by atoms with Crippen LogP contribution >= 0.6 is 0 Å². The minimum absolute atomic E-state index is 0.00906. The number of benzene rings is 1. The Morgan fingerprint density at radius 2 is 2.08 bits per heavy atom. The van der Waals surface area contributed by atoms with Crippen LogP contribution in [-0.2, 0) is 11.2 Å². The fourth-order valence-electron chi connectivity index (χ4n) is 1.99. The molecule has 2 heterocycles. The molecular weight excluding hydrogens is 348 g/mol. The van der Waals surface area contributed by atoms with Crippen molar-refractivity contribution >= 4 is 5.97 Å². The molecule has 0 aliphatic heterocycles. The quantitative estimate of drug-likeness (QED) is 0.674. The van der Waals surface area contributed by atoms with Gasteiger partial charge in [0.25, 0.3) is 5.88 Å². The van der Waals surface area contributed by atoms with Gasteiger partial charge in [-0.15, -0.1) is 0 Å². The lowest BCUT2D eigenvalue weighted by Crippen LogP contribution is -2.02. The molecule has 132 valence electrons. The van der Waals surface area contributed by atoms with Crippen LogP contribution in [0.15, 0.2) is 53.2 Å². The van der Waals surface area contributed by atoms with Crippen LogP contribution in [0.4, 0.5) is 8.78 Å². The maximum Gasteiger partial charge on any atom is 0.331 e. The lowest BCUT2D eigenvalue weighted by molar-refractivity contribution is -0.132. The van der Waals surface area contributed by atoms with Crippen molar-refractivity contribution in [2.75, 3.05) is 0 Å². The molecule has 0 amide bonds. The molecule has 0 bridgehead atoms. The van der Waals surface area contributed by atoms with Gasteiger partial charge < -0.3 is 14.4 Å². The van der Waals surface area contributed by atoms with Crippen molar-refractivity contribution in [3.8, 4) is 23.0 Å². The van der Waals surface area contributed by atoms with Crippen LogP contribution < -0.4 is 4.74 Å². The summed E-state index contributed by atoms with van der Waals surface area (Å²) < 4.78 is 37.9. The van der Waals surface area contributed by atoms with E-state index in [0.717, 1.165) is 6.07 Å². The fraction of sp³-hybridized carbons (Fsp3) is 0.0588. The van der Waals surface area contributed by atoms with Gasteiger partial charge in [0, 0.05) is 17.8 Å². The van der Waals surface area contributed by atoms with Gasteiger partial charge in [-0.25, -0.2) is 18.6 Å². The number of nitrogens with zero attached hydrogens (tertiary/aromatic N) is 3. The molecule has 0 saturated carbocycles. The summed E-state index contributed by atoms with van der Waals surface area (Å²) in [4.78, 5) is 18.4. The third-order valence-electron chi connectivity index (χ3n) is 3.26. The largest absolute Gasteiger partial charge is 0.478 e. The predicted molar refractivity (Wildman–Crippen MR) is 84.4 cm³/mol. The predicted octanol–water partition coefficient (Wildman–Crippen LogP) is 3.39. The van der Waals surface area contributed by atoms with Crippen molar-refractivity contribution in [3.05, 3.63) is 66.2 Å². The van der Waals surface area contributed by atoms with Crippen molar-refractivity contribution in [2.45, 2.75) is 6.42 Å². The van der Waals surface area contributed by atoms with Crippen LogP contribution in [-0.4, -0.2) is 26.2 Å². The first-order chi connectivity index (χ1) is 12.4. The van der Waals surface area contributed by atoms with Gasteiger partial charge in [0.15, 0.2) is 5.82 Å². The van der Waals surface area contributed by atoms with E-state index < -0.39 is 17.6 Å². The summed E-state index contributed by atoms with van der Waals surface area (Å²) in [6.07, 6.45) is 1.18. The number of aliphatic carboxylic acids is 1.